The van der Waals surface area contributed by atoms with Crippen LogP contribution in [0.15, 0.2) is 88.8 Å². The number of aliphatic hydroxyl groups is 1. The molecule has 1 aliphatic rings. The average molecular weight is 471 g/mol. The predicted molar refractivity (Wildman–Crippen MR) is 147 cm³/mol. The van der Waals surface area contributed by atoms with E-state index in [4.69, 9.17) is 15.5 Å². The summed E-state index contributed by atoms with van der Waals surface area (Å²) in [6, 6.07) is 9.20. The fraction of sp³-hybridized carbons (Fsp3) is 0.241. The van der Waals surface area contributed by atoms with Gasteiger partial charge in [0.05, 0.1) is 35.1 Å². The lowest BCUT2D eigenvalue weighted by atomic mass is 9.95. The molecule has 2 aromatic rings. The molecule has 0 amide bonds. The summed E-state index contributed by atoms with van der Waals surface area (Å²) in [5.41, 5.74) is 13.5. The summed E-state index contributed by atoms with van der Waals surface area (Å²) in [5, 5.41) is 13.8. The van der Waals surface area contributed by atoms with Crippen molar-refractivity contribution in [2.45, 2.75) is 40.5 Å². The molecule has 0 spiro atoms. The standard InChI is InChI=1S/C29H34N4O2/c1-6-21-15-19(4)9-10-22(16-21)28(20(5)34)29-23(11-14-27(33-29)35-8-3)18-32-24-12-13-25(30)26(17-24)31-7-2/h7,9-14,16-18,31,34H,2,6,8,15,30H2,1,3-5H3. The molecule has 6 heteroatoms. The van der Waals surface area contributed by atoms with Crippen molar-refractivity contribution in [3.63, 3.8) is 0 Å². The zero-order chi connectivity index (χ0) is 25.4. The maximum Gasteiger partial charge on any atom is 0.213 e. The van der Waals surface area contributed by atoms with Crippen LogP contribution in [0.3, 0.4) is 0 Å². The second kappa shape index (κ2) is 11.9. The highest BCUT2D eigenvalue weighted by Gasteiger charge is 2.18. The highest BCUT2D eigenvalue weighted by Crippen LogP contribution is 2.33. The number of aromatic nitrogens is 1. The van der Waals surface area contributed by atoms with Crippen molar-refractivity contribution in [1.29, 1.82) is 0 Å². The lowest BCUT2D eigenvalue weighted by molar-refractivity contribution is 0.326. The Balaban J connectivity index is 2.14. The van der Waals surface area contributed by atoms with Gasteiger partial charge in [-0.2, -0.15) is 0 Å². The van der Waals surface area contributed by atoms with Gasteiger partial charge in [0.25, 0.3) is 0 Å². The van der Waals surface area contributed by atoms with E-state index in [0.29, 0.717) is 29.4 Å². The first kappa shape index (κ1) is 25.6. The van der Waals surface area contributed by atoms with E-state index < -0.39 is 0 Å². The van der Waals surface area contributed by atoms with Crippen molar-refractivity contribution in [3.05, 3.63) is 95.1 Å². The molecular weight excluding hydrogens is 436 g/mol. The number of rotatable bonds is 9. The van der Waals surface area contributed by atoms with E-state index in [0.717, 1.165) is 35.4 Å². The number of anilines is 2. The number of aliphatic imine (C=N–C) groups is 1. The minimum Gasteiger partial charge on any atom is -0.512 e. The predicted octanol–water partition coefficient (Wildman–Crippen LogP) is 7.27. The van der Waals surface area contributed by atoms with Gasteiger partial charge in [0.2, 0.25) is 5.88 Å². The fourth-order valence-corrected chi connectivity index (χ4v) is 3.86. The van der Waals surface area contributed by atoms with Crippen molar-refractivity contribution in [1.82, 2.24) is 4.98 Å². The van der Waals surface area contributed by atoms with Gasteiger partial charge in [-0.25, -0.2) is 4.98 Å². The Labute approximate surface area is 208 Å². The Morgan fingerprint density at radius 3 is 2.74 bits per heavy atom. The largest absolute Gasteiger partial charge is 0.512 e. The fourth-order valence-electron chi connectivity index (χ4n) is 3.86. The minimum absolute atomic E-state index is 0.177. The molecule has 1 aromatic heterocycles. The Hall–Kier alpha value is -4.06. The van der Waals surface area contributed by atoms with Crippen LogP contribution in [0.4, 0.5) is 17.1 Å². The van der Waals surface area contributed by atoms with E-state index in [-0.39, 0.29) is 5.76 Å². The van der Waals surface area contributed by atoms with Crippen molar-refractivity contribution in [2.24, 2.45) is 4.99 Å². The molecule has 0 saturated carbocycles. The van der Waals surface area contributed by atoms with Gasteiger partial charge in [-0.15, -0.1) is 0 Å². The molecule has 182 valence electrons. The molecule has 4 N–H and O–H groups in total. The summed E-state index contributed by atoms with van der Waals surface area (Å²) in [6.07, 6.45) is 11.4. The maximum absolute atomic E-state index is 10.8. The zero-order valence-electron chi connectivity index (χ0n) is 20.9. The van der Waals surface area contributed by atoms with Crippen LogP contribution in [0.5, 0.6) is 5.88 Å². The number of aliphatic hydroxyl groups excluding tert-OH is 1. The van der Waals surface area contributed by atoms with Gasteiger partial charge in [0.1, 0.15) is 0 Å². The summed E-state index contributed by atoms with van der Waals surface area (Å²) in [6.45, 7) is 12.0. The van der Waals surface area contributed by atoms with E-state index in [1.54, 1.807) is 25.4 Å². The van der Waals surface area contributed by atoms with E-state index >= 15 is 0 Å². The Morgan fingerprint density at radius 2 is 2.06 bits per heavy atom. The van der Waals surface area contributed by atoms with Crippen molar-refractivity contribution < 1.29 is 9.84 Å². The van der Waals surface area contributed by atoms with Gasteiger partial charge in [-0.3, -0.25) is 4.99 Å². The zero-order valence-corrected chi connectivity index (χ0v) is 20.9. The van der Waals surface area contributed by atoms with E-state index in [1.165, 1.54) is 11.1 Å². The number of allylic oxidation sites excluding steroid dienone is 8. The number of hydrogen-bond donors (Lipinski definition) is 3. The van der Waals surface area contributed by atoms with E-state index in [2.05, 4.69) is 42.9 Å². The highest BCUT2D eigenvalue weighted by molar-refractivity contribution is 5.94. The summed E-state index contributed by atoms with van der Waals surface area (Å²) < 4.78 is 5.68. The second-order valence-electron chi connectivity index (χ2n) is 8.33. The summed E-state index contributed by atoms with van der Waals surface area (Å²) in [4.78, 5) is 9.42. The quantitative estimate of drug-likeness (QED) is 0.204. The molecule has 6 nitrogen and oxygen atoms in total. The molecule has 1 heterocycles. The lowest BCUT2D eigenvalue weighted by Crippen LogP contribution is -2.04. The summed E-state index contributed by atoms with van der Waals surface area (Å²) in [7, 11) is 0. The third-order valence-electron chi connectivity index (χ3n) is 5.59. The number of hydrogen-bond acceptors (Lipinski definition) is 6. The molecule has 0 radical (unpaired) electrons. The van der Waals surface area contributed by atoms with E-state index in [9.17, 15) is 5.11 Å². The van der Waals surface area contributed by atoms with Crippen LogP contribution in [0, 0.1) is 0 Å². The van der Waals surface area contributed by atoms with Gasteiger partial charge in [-0.1, -0.05) is 42.9 Å². The summed E-state index contributed by atoms with van der Waals surface area (Å²) >= 11 is 0. The van der Waals surface area contributed by atoms with Gasteiger partial charge in [-0.05, 0) is 69.7 Å². The number of nitrogens with zero attached hydrogens (tertiary/aromatic N) is 2. The number of nitrogen functional groups attached to an aromatic ring is 1. The van der Waals surface area contributed by atoms with Crippen LogP contribution < -0.4 is 15.8 Å². The molecule has 0 unspecified atom stereocenters. The molecule has 0 aliphatic heterocycles. The van der Waals surface area contributed by atoms with Crippen LogP contribution in [0.25, 0.3) is 5.57 Å². The van der Waals surface area contributed by atoms with Crippen molar-refractivity contribution in [2.75, 3.05) is 17.7 Å². The number of nitrogens with two attached hydrogens (primary N) is 1. The number of ether oxygens (including phenoxy) is 1. The van der Waals surface area contributed by atoms with E-state index in [1.807, 2.05) is 37.3 Å². The number of nitrogens with one attached hydrogen (secondary N) is 1. The third kappa shape index (κ3) is 6.51. The Kier molecular flexibility index (Phi) is 8.68. The van der Waals surface area contributed by atoms with Gasteiger partial charge >= 0.3 is 0 Å². The molecule has 3 rings (SSSR count). The highest BCUT2D eigenvalue weighted by atomic mass is 16.5. The molecule has 1 aromatic carbocycles. The Morgan fingerprint density at radius 1 is 1.26 bits per heavy atom. The summed E-state index contributed by atoms with van der Waals surface area (Å²) in [5.74, 6) is 0.667. The first-order valence-electron chi connectivity index (χ1n) is 11.8. The minimum atomic E-state index is 0.177. The SMILES string of the molecule is C=CNc1cc(N=Cc2ccc(OCC)nc2C(C2=CC=C(C)CC(CC)=C2)=C(C)O)ccc1N. The average Bonchev–Trinajstić information content (AvgIpc) is 3.02. The Bertz CT molecular complexity index is 1250. The maximum atomic E-state index is 10.8. The number of pyridine rings is 1. The topological polar surface area (TPSA) is 92.8 Å². The van der Waals surface area contributed by atoms with Crippen LogP contribution in [0.1, 0.15) is 51.8 Å². The first-order valence-corrected chi connectivity index (χ1v) is 11.8. The monoisotopic (exact) mass is 470 g/mol. The van der Waals surface area contributed by atoms with Crippen LogP contribution in [0.2, 0.25) is 0 Å². The van der Waals surface area contributed by atoms with Crippen LogP contribution in [-0.2, 0) is 0 Å². The molecule has 0 atom stereocenters. The van der Waals surface area contributed by atoms with Crippen molar-refractivity contribution in [3.8, 4) is 5.88 Å². The third-order valence-corrected chi connectivity index (χ3v) is 5.59. The molecular formula is C29H34N4O2. The molecule has 0 bridgehead atoms. The molecule has 0 fully saturated rings. The lowest BCUT2D eigenvalue weighted by Gasteiger charge is -2.15. The smallest absolute Gasteiger partial charge is 0.213 e. The normalized spacial score (nSPS) is 14.5. The molecule has 1 aliphatic carbocycles. The second-order valence-corrected chi connectivity index (χ2v) is 8.33. The molecule has 0 saturated heterocycles. The van der Waals surface area contributed by atoms with Crippen molar-refractivity contribution >= 4 is 28.8 Å². The number of benzene rings is 1. The first-order chi connectivity index (χ1) is 16.9. The van der Waals surface area contributed by atoms with Gasteiger partial charge < -0.3 is 20.9 Å². The van der Waals surface area contributed by atoms with Crippen LogP contribution in [-0.4, -0.2) is 22.9 Å². The van der Waals surface area contributed by atoms with Crippen LogP contribution >= 0.6 is 0 Å². The van der Waals surface area contributed by atoms with Gasteiger partial charge in [0.15, 0.2) is 0 Å². The molecule has 35 heavy (non-hydrogen) atoms. The van der Waals surface area contributed by atoms with Gasteiger partial charge in [0, 0.05) is 23.4 Å².